The van der Waals surface area contributed by atoms with Crippen LogP contribution in [-0.2, 0) is 40.6 Å². The van der Waals surface area contributed by atoms with E-state index in [0.29, 0.717) is 69.7 Å². The maximum absolute atomic E-state index is 14.2. The van der Waals surface area contributed by atoms with Crippen LogP contribution >= 0.6 is 15.9 Å². The number of ether oxygens (including phenoxy) is 8. The van der Waals surface area contributed by atoms with Crippen molar-refractivity contribution in [3.63, 3.8) is 0 Å². The standard InChI is InChI=1S/C54H49BrO9/c1-2-57-30-31-58-52-48-46(61-36-40-22-12-5-13-23-40)33-47(62-37-41-24-14-6-15-25-41)49(55)51(48)63-50(53(52)64-54(56)42-26-16-7-17-27-42)43-28-29-44(59-34-38-18-8-3-9-19-38)45(32-43)60-35-39-20-10-4-11-21-39/h3-29,32-33,50,52-53H,2,30-31,34-37H2,1H3. The summed E-state index contributed by atoms with van der Waals surface area (Å²) in [5.74, 6) is 1.84. The van der Waals surface area contributed by atoms with E-state index in [9.17, 15) is 4.79 Å². The fourth-order valence-electron chi connectivity index (χ4n) is 7.31. The van der Waals surface area contributed by atoms with Gasteiger partial charge in [0.25, 0.3) is 0 Å². The third-order valence-electron chi connectivity index (χ3n) is 10.5. The molecular formula is C54H49BrO9. The van der Waals surface area contributed by atoms with Crippen LogP contribution in [0.5, 0.6) is 28.7 Å². The quantitative estimate of drug-likeness (QED) is 0.0547. The average Bonchev–Trinajstić information content (AvgIpc) is 3.35. The molecule has 0 saturated carbocycles. The topological polar surface area (TPSA) is 90.9 Å². The highest BCUT2D eigenvalue weighted by molar-refractivity contribution is 9.10. The molecule has 326 valence electrons. The SMILES string of the molecule is CCOCCOC1c2c(OCc3ccccc3)cc(OCc3ccccc3)c(Br)c2OC(c2ccc(OCc3ccccc3)c(OCc3ccccc3)c2)C1OC(=O)c1ccccc1. The Morgan fingerprint density at radius 3 is 1.56 bits per heavy atom. The molecule has 0 radical (unpaired) electrons. The van der Waals surface area contributed by atoms with E-state index in [2.05, 4.69) is 15.9 Å². The summed E-state index contributed by atoms with van der Waals surface area (Å²) in [6.45, 7) is 4.06. The summed E-state index contributed by atoms with van der Waals surface area (Å²) in [6, 6.07) is 56.0. The van der Waals surface area contributed by atoms with Crippen LogP contribution in [-0.4, -0.2) is 31.9 Å². The summed E-state index contributed by atoms with van der Waals surface area (Å²) in [6.07, 6.45) is -2.88. The Labute approximate surface area is 382 Å². The average molecular weight is 922 g/mol. The largest absolute Gasteiger partial charge is 0.488 e. The van der Waals surface area contributed by atoms with E-state index in [0.717, 1.165) is 22.3 Å². The fourth-order valence-corrected chi connectivity index (χ4v) is 7.84. The second-order valence-electron chi connectivity index (χ2n) is 15.0. The lowest BCUT2D eigenvalue weighted by atomic mass is 9.90. The lowest BCUT2D eigenvalue weighted by Gasteiger charge is -2.40. The summed E-state index contributed by atoms with van der Waals surface area (Å²) in [5, 5.41) is 0. The molecule has 1 aliphatic heterocycles. The lowest BCUT2D eigenvalue weighted by molar-refractivity contribution is -0.117. The molecule has 0 N–H and O–H groups in total. The number of halogens is 1. The van der Waals surface area contributed by atoms with Gasteiger partial charge in [-0.3, -0.25) is 0 Å². The highest BCUT2D eigenvalue weighted by atomic mass is 79.9. The van der Waals surface area contributed by atoms with Gasteiger partial charge in [0.1, 0.15) is 54.3 Å². The van der Waals surface area contributed by atoms with E-state index in [1.807, 2.05) is 159 Å². The summed E-state index contributed by atoms with van der Waals surface area (Å²) < 4.78 is 52.9. The minimum absolute atomic E-state index is 0.184. The minimum Gasteiger partial charge on any atom is -0.488 e. The zero-order valence-corrected chi connectivity index (χ0v) is 37.1. The van der Waals surface area contributed by atoms with E-state index >= 15 is 0 Å². The molecule has 0 amide bonds. The summed E-state index contributed by atoms with van der Waals surface area (Å²) in [7, 11) is 0. The minimum atomic E-state index is -1.04. The highest BCUT2D eigenvalue weighted by Crippen LogP contribution is 2.55. The number of rotatable bonds is 20. The number of carbonyl (C=O) groups is 1. The number of fused-ring (bicyclic) bond motifs is 1. The van der Waals surface area contributed by atoms with Crippen LogP contribution in [0, 0.1) is 0 Å². The van der Waals surface area contributed by atoms with E-state index in [4.69, 9.17) is 37.9 Å². The zero-order chi connectivity index (χ0) is 43.9. The van der Waals surface area contributed by atoms with E-state index in [1.165, 1.54) is 0 Å². The van der Waals surface area contributed by atoms with Crippen molar-refractivity contribution in [2.45, 2.75) is 51.7 Å². The molecule has 0 fully saturated rings. The molecule has 64 heavy (non-hydrogen) atoms. The second-order valence-corrected chi connectivity index (χ2v) is 15.8. The molecule has 10 heteroatoms. The van der Waals surface area contributed by atoms with Crippen molar-refractivity contribution in [3.05, 3.63) is 219 Å². The molecule has 9 nitrogen and oxygen atoms in total. The first-order valence-corrected chi connectivity index (χ1v) is 22.1. The van der Waals surface area contributed by atoms with Gasteiger partial charge in [0.15, 0.2) is 23.7 Å². The summed E-state index contributed by atoms with van der Waals surface area (Å²) in [4.78, 5) is 14.2. The van der Waals surface area contributed by atoms with Crippen molar-refractivity contribution < 1.29 is 42.7 Å². The Kier molecular flexibility index (Phi) is 15.2. The molecule has 7 aromatic carbocycles. The third kappa shape index (κ3) is 11.3. The number of esters is 1. The Hall–Kier alpha value is -6.59. The molecular weight excluding hydrogens is 872 g/mol. The van der Waals surface area contributed by atoms with Gasteiger partial charge in [0.2, 0.25) is 0 Å². The van der Waals surface area contributed by atoms with Gasteiger partial charge in [0, 0.05) is 18.2 Å². The molecule has 0 bridgehead atoms. The zero-order valence-electron chi connectivity index (χ0n) is 35.5. The Morgan fingerprint density at radius 1 is 0.547 bits per heavy atom. The van der Waals surface area contributed by atoms with Crippen LogP contribution in [0.15, 0.2) is 180 Å². The van der Waals surface area contributed by atoms with E-state index in [1.54, 1.807) is 24.3 Å². The van der Waals surface area contributed by atoms with Crippen LogP contribution in [0.25, 0.3) is 0 Å². The molecule has 8 rings (SSSR count). The Morgan fingerprint density at radius 2 is 1.03 bits per heavy atom. The molecule has 0 aromatic heterocycles. The number of benzene rings is 7. The predicted octanol–water partition coefficient (Wildman–Crippen LogP) is 12.2. The maximum Gasteiger partial charge on any atom is 0.338 e. The summed E-state index contributed by atoms with van der Waals surface area (Å²) >= 11 is 3.88. The van der Waals surface area contributed by atoms with Crippen molar-refractivity contribution in [3.8, 4) is 28.7 Å². The van der Waals surface area contributed by atoms with Crippen molar-refractivity contribution in [1.82, 2.24) is 0 Å². The number of carbonyl (C=O) groups excluding carboxylic acids is 1. The van der Waals surface area contributed by atoms with Gasteiger partial charge in [-0.05, 0) is 69.4 Å². The monoisotopic (exact) mass is 920 g/mol. The normalized spacial score (nSPS) is 15.3. The van der Waals surface area contributed by atoms with Crippen molar-refractivity contribution in [1.29, 1.82) is 0 Å². The Bertz CT molecular complexity index is 2540. The van der Waals surface area contributed by atoms with Gasteiger partial charge in [-0.1, -0.05) is 146 Å². The van der Waals surface area contributed by atoms with Gasteiger partial charge in [-0.15, -0.1) is 0 Å². The number of hydrogen-bond acceptors (Lipinski definition) is 9. The fraction of sp³-hybridized carbons (Fsp3) is 0.204. The van der Waals surface area contributed by atoms with Gasteiger partial charge in [0.05, 0.1) is 24.3 Å². The van der Waals surface area contributed by atoms with Gasteiger partial charge < -0.3 is 37.9 Å². The highest BCUT2D eigenvalue weighted by Gasteiger charge is 2.47. The van der Waals surface area contributed by atoms with Crippen LogP contribution in [0.1, 0.15) is 62.9 Å². The third-order valence-corrected chi connectivity index (χ3v) is 11.3. The van der Waals surface area contributed by atoms with Gasteiger partial charge in [-0.25, -0.2) is 4.79 Å². The van der Waals surface area contributed by atoms with Crippen LogP contribution in [0.3, 0.4) is 0 Å². The molecule has 0 saturated heterocycles. The Balaban J connectivity index is 1.25. The van der Waals surface area contributed by atoms with Crippen molar-refractivity contribution >= 4 is 21.9 Å². The molecule has 7 aromatic rings. The van der Waals surface area contributed by atoms with Gasteiger partial charge >= 0.3 is 5.97 Å². The first-order valence-electron chi connectivity index (χ1n) is 21.3. The summed E-state index contributed by atoms with van der Waals surface area (Å²) in [5.41, 5.74) is 5.52. The maximum atomic E-state index is 14.2. The molecule has 1 aliphatic rings. The molecule has 0 aliphatic carbocycles. The van der Waals surface area contributed by atoms with Gasteiger partial charge in [-0.2, -0.15) is 0 Å². The number of hydrogen-bond donors (Lipinski definition) is 0. The van der Waals surface area contributed by atoms with E-state index in [-0.39, 0.29) is 26.4 Å². The smallest absolute Gasteiger partial charge is 0.338 e. The van der Waals surface area contributed by atoms with Crippen LogP contribution in [0.4, 0.5) is 0 Å². The molecule has 1 heterocycles. The van der Waals surface area contributed by atoms with Crippen molar-refractivity contribution in [2.24, 2.45) is 0 Å². The van der Waals surface area contributed by atoms with Crippen molar-refractivity contribution in [2.75, 3.05) is 19.8 Å². The first kappa shape index (κ1) is 44.0. The predicted molar refractivity (Wildman–Crippen MR) is 248 cm³/mol. The molecule has 0 spiro atoms. The lowest BCUT2D eigenvalue weighted by Crippen LogP contribution is -2.40. The van der Waals surface area contributed by atoms with E-state index < -0.39 is 24.3 Å². The molecule has 3 unspecified atom stereocenters. The second kappa shape index (κ2) is 22.2. The van der Waals surface area contributed by atoms with Crippen LogP contribution < -0.4 is 23.7 Å². The van der Waals surface area contributed by atoms with Crippen LogP contribution in [0.2, 0.25) is 0 Å². The molecule has 3 atom stereocenters. The first-order chi connectivity index (χ1) is 31.5.